The Morgan fingerprint density at radius 3 is 2.88 bits per heavy atom. The maximum atomic E-state index is 9.48. The van der Waals surface area contributed by atoms with Crippen LogP contribution in [0.4, 0.5) is 0 Å². The molecule has 6 nitrogen and oxygen atoms in total. The van der Waals surface area contributed by atoms with Crippen LogP contribution in [0.2, 0.25) is 25.7 Å². The van der Waals surface area contributed by atoms with Gasteiger partial charge in [-0.05, 0) is 17.7 Å². The third-order valence-electron chi connectivity index (χ3n) is 4.11. The second-order valence-electron chi connectivity index (χ2n) is 7.24. The van der Waals surface area contributed by atoms with E-state index in [0.29, 0.717) is 13.3 Å². The Labute approximate surface area is 142 Å². The number of hydrogen-bond donors (Lipinski definition) is 1. The third kappa shape index (κ3) is 3.63. The summed E-state index contributed by atoms with van der Waals surface area (Å²) in [6.45, 7) is 8.84. The van der Waals surface area contributed by atoms with Gasteiger partial charge in [0.2, 0.25) is 0 Å². The molecule has 1 aliphatic heterocycles. The lowest BCUT2D eigenvalue weighted by Crippen LogP contribution is -2.22. The van der Waals surface area contributed by atoms with Gasteiger partial charge < -0.3 is 14.4 Å². The van der Waals surface area contributed by atoms with Crippen LogP contribution in [-0.2, 0) is 11.5 Å². The lowest BCUT2D eigenvalue weighted by Gasteiger charge is -2.15. The number of aliphatic hydroxyl groups is 1. The van der Waals surface area contributed by atoms with Crippen molar-refractivity contribution in [3.05, 3.63) is 29.9 Å². The minimum absolute atomic E-state index is 0.00133. The average molecular weight is 344 g/mol. The molecular weight excluding hydrogens is 320 g/mol. The fraction of sp³-hybridized carbons (Fsp3) is 0.471. The normalized spacial score (nSPS) is 15.0. The van der Waals surface area contributed by atoms with E-state index in [0.717, 1.165) is 40.5 Å². The molecule has 0 spiro atoms. The summed E-state index contributed by atoms with van der Waals surface area (Å²) in [6.07, 6.45) is 5.32. The number of aliphatic hydroxyl groups excluding tert-OH is 1. The lowest BCUT2D eigenvalue weighted by molar-refractivity contribution is 0.0899. The maximum absolute atomic E-state index is 9.48. The Morgan fingerprint density at radius 2 is 2.12 bits per heavy atom. The smallest absolute Gasteiger partial charge is 0.145 e. The zero-order valence-corrected chi connectivity index (χ0v) is 15.5. The molecule has 2 aromatic rings. The van der Waals surface area contributed by atoms with Gasteiger partial charge in [0.15, 0.2) is 0 Å². The van der Waals surface area contributed by atoms with Crippen molar-refractivity contribution in [2.45, 2.75) is 32.4 Å². The van der Waals surface area contributed by atoms with Gasteiger partial charge in [-0.15, -0.1) is 0 Å². The van der Waals surface area contributed by atoms with Crippen molar-refractivity contribution in [1.82, 2.24) is 14.5 Å². The molecule has 0 aromatic carbocycles. The van der Waals surface area contributed by atoms with E-state index in [4.69, 9.17) is 4.74 Å². The molecule has 0 saturated heterocycles. The number of ether oxygens (including phenoxy) is 1. The predicted molar refractivity (Wildman–Crippen MR) is 99.0 cm³/mol. The number of nitrogens with zero attached hydrogens (tertiary/aromatic N) is 4. The number of aliphatic imine (C=N–C) groups is 1. The first-order valence-corrected chi connectivity index (χ1v) is 11.9. The third-order valence-corrected chi connectivity index (χ3v) is 5.82. The summed E-state index contributed by atoms with van der Waals surface area (Å²) in [6, 6.07) is 3.15. The minimum atomic E-state index is -1.08. The summed E-state index contributed by atoms with van der Waals surface area (Å²) in [5.74, 6) is 0. The Balaban J connectivity index is 1.81. The van der Waals surface area contributed by atoms with Gasteiger partial charge in [0.25, 0.3) is 0 Å². The largest absolute Gasteiger partial charge is 0.392 e. The van der Waals surface area contributed by atoms with Crippen LogP contribution >= 0.6 is 0 Å². The highest BCUT2D eigenvalue weighted by Crippen LogP contribution is 2.26. The van der Waals surface area contributed by atoms with Crippen LogP contribution in [0.1, 0.15) is 5.69 Å². The summed E-state index contributed by atoms with van der Waals surface area (Å²) in [4.78, 5) is 13.1. The first-order valence-electron chi connectivity index (χ1n) is 8.20. The van der Waals surface area contributed by atoms with Gasteiger partial charge in [0.1, 0.15) is 18.7 Å². The topological polar surface area (TPSA) is 72.5 Å². The Morgan fingerprint density at radius 1 is 1.29 bits per heavy atom. The van der Waals surface area contributed by atoms with Crippen molar-refractivity contribution in [3.8, 4) is 0 Å². The van der Waals surface area contributed by atoms with Gasteiger partial charge in [-0.3, -0.25) is 4.99 Å². The number of fused-ring (bicyclic) bond motifs is 1. The molecule has 0 bridgehead atoms. The molecule has 0 amide bonds. The molecule has 24 heavy (non-hydrogen) atoms. The molecule has 1 aliphatic rings. The zero-order valence-electron chi connectivity index (χ0n) is 14.5. The van der Waals surface area contributed by atoms with Crippen LogP contribution in [0.5, 0.6) is 0 Å². The monoisotopic (exact) mass is 344 g/mol. The summed E-state index contributed by atoms with van der Waals surface area (Å²) in [7, 11) is -1.08. The molecule has 0 atom stereocenters. The molecule has 0 fully saturated rings. The molecule has 0 radical (unpaired) electrons. The van der Waals surface area contributed by atoms with Crippen molar-refractivity contribution in [3.63, 3.8) is 0 Å². The quantitative estimate of drug-likeness (QED) is 0.619. The zero-order chi connectivity index (χ0) is 17.2. The number of hydrogen-bond acceptors (Lipinski definition) is 5. The summed E-state index contributed by atoms with van der Waals surface area (Å²) >= 11 is 0. The van der Waals surface area contributed by atoms with E-state index in [1.807, 2.05) is 16.8 Å². The fourth-order valence-electron chi connectivity index (χ4n) is 2.65. The molecule has 1 N–H and O–H groups in total. The van der Waals surface area contributed by atoms with Crippen molar-refractivity contribution in [2.24, 2.45) is 4.99 Å². The van der Waals surface area contributed by atoms with Crippen LogP contribution in [-0.4, -0.2) is 53.7 Å². The van der Waals surface area contributed by atoms with Gasteiger partial charge in [-0.25, -0.2) is 9.97 Å². The van der Waals surface area contributed by atoms with Crippen LogP contribution in [0.25, 0.3) is 16.6 Å². The molecule has 0 aliphatic carbocycles. The second-order valence-corrected chi connectivity index (χ2v) is 12.9. The number of aromatic nitrogens is 3. The van der Waals surface area contributed by atoms with Gasteiger partial charge in [-0.1, -0.05) is 19.6 Å². The summed E-state index contributed by atoms with van der Waals surface area (Å²) < 4.78 is 7.82. The van der Waals surface area contributed by atoms with Gasteiger partial charge >= 0.3 is 0 Å². The van der Waals surface area contributed by atoms with Crippen LogP contribution in [0, 0.1) is 0 Å². The molecule has 0 saturated carbocycles. The number of rotatable bonds is 7. The van der Waals surface area contributed by atoms with E-state index in [-0.39, 0.29) is 6.61 Å². The van der Waals surface area contributed by atoms with E-state index in [9.17, 15) is 5.11 Å². The standard InChI is InChI=1S/C17H24N4O2Si/c1-24(2,3)7-6-23-12-21-5-4-14-16(19-11-20-17(14)21)15-9-18-8-13(15)10-22/h4-5,9,11,22H,6-8,10,12H2,1-3H3. The molecule has 3 rings (SSSR count). The van der Waals surface area contributed by atoms with E-state index in [2.05, 4.69) is 34.6 Å². The highest BCUT2D eigenvalue weighted by Gasteiger charge is 2.17. The van der Waals surface area contributed by atoms with Gasteiger partial charge in [0, 0.05) is 38.1 Å². The van der Waals surface area contributed by atoms with Crippen molar-refractivity contribution < 1.29 is 9.84 Å². The Kier molecular flexibility index (Phi) is 4.93. The predicted octanol–water partition coefficient (Wildman–Crippen LogP) is 2.57. The van der Waals surface area contributed by atoms with E-state index in [1.54, 1.807) is 12.5 Å². The lowest BCUT2D eigenvalue weighted by atomic mass is 10.1. The molecule has 3 heterocycles. The highest BCUT2D eigenvalue weighted by molar-refractivity contribution is 6.76. The molecule has 128 valence electrons. The van der Waals surface area contributed by atoms with Crippen LogP contribution in [0.15, 0.2) is 29.2 Å². The molecule has 7 heteroatoms. The molecule has 0 unspecified atom stereocenters. The molecule has 2 aromatic heterocycles. The average Bonchev–Trinajstić information content (AvgIpc) is 3.17. The van der Waals surface area contributed by atoms with Crippen LogP contribution < -0.4 is 0 Å². The first kappa shape index (κ1) is 17.0. The fourth-order valence-corrected chi connectivity index (χ4v) is 3.41. The first-order chi connectivity index (χ1) is 11.5. The summed E-state index contributed by atoms with van der Waals surface area (Å²) in [5, 5.41) is 10.4. The SMILES string of the molecule is C[Si](C)(C)CCOCn1ccc2c(C3=C(CO)CN=C3)ncnc21. The molecular formula is C17H24N4O2Si. The van der Waals surface area contributed by atoms with Crippen molar-refractivity contribution in [2.75, 3.05) is 19.8 Å². The Hall–Kier alpha value is -1.83. The van der Waals surface area contributed by atoms with Crippen molar-refractivity contribution in [1.29, 1.82) is 0 Å². The summed E-state index contributed by atoms with van der Waals surface area (Å²) in [5.41, 5.74) is 3.47. The van der Waals surface area contributed by atoms with E-state index >= 15 is 0 Å². The van der Waals surface area contributed by atoms with Crippen LogP contribution in [0.3, 0.4) is 0 Å². The van der Waals surface area contributed by atoms with E-state index < -0.39 is 8.07 Å². The van der Waals surface area contributed by atoms with Gasteiger partial charge in [-0.2, -0.15) is 0 Å². The van der Waals surface area contributed by atoms with Gasteiger partial charge in [0.05, 0.1) is 18.8 Å². The maximum Gasteiger partial charge on any atom is 0.145 e. The minimum Gasteiger partial charge on any atom is -0.392 e. The van der Waals surface area contributed by atoms with E-state index in [1.165, 1.54) is 0 Å². The highest BCUT2D eigenvalue weighted by atomic mass is 28.3. The number of allylic oxidation sites excluding steroid dienone is 1. The Bertz CT molecular complexity index is 789. The van der Waals surface area contributed by atoms with Crippen molar-refractivity contribution >= 4 is 30.9 Å². The second kappa shape index (κ2) is 6.96.